The normalized spacial score (nSPS) is 13.7. The van der Waals surface area contributed by atoms with Crippen molar-refractivity contribution in [1.29, 1.82) is 0 Å². The van der Waals surface area contributed by atoms with Gasteiger partial charge in [-0.15, -0.1) is 0 Å². The number of nitrogens with zero attached hydrogens (tertiary/aromatic N) is 3. The Morgan fingerprint density at radius 1 is 1.17 bits per heavy atom. The lowest BCUT2D eigenvalue weighted by Gasteiger charge is -2.26. The van der Waals surface area contributed by atoms with Crippen LogP contribution < -0.4 is 21.1 Å². The summed E-state index contributed by atoms with van der Waals surface area (Å²) in [4.78, 5) is 22.6. The Bertz CT molecular complexity index is 1250. The summed E-state index contributed by atoms with van der Waals surface area (Å²) in [5.74, 6) is -0.144. The number of methoxy groups -OCH3 is 1. The molecular weight excluding hydrogens is 481 g/mol. The van der Waals surface area contributed by atoms with Crippen LogP contribution in [0.5, 0.6) is 5.75 Å². The minimum atomic E-state index is -4.49. The summed E-state index contributed by atoms with van der Waals surface area (Å²) in [6.07, 6.45) is 2.12. The summed E-state index contributed by atoms with van der Waals surface area (Å²) >= 11 is -0.272. The van der Waals surface area contributed by atoms with Gasteiger partial charge in [0.25, 0.3) is 5.91 Å². The molecule has 0 radical (unpaired) electrons. The molecule has 0 atom stereocenters. The highest BCUT2D eigenvalue weighted by Crippen LogP contribution is 2.41. The van der Waals surface area contributed by atoms with Gasteiger partial charge in [0.1, 0.15) is 17.1 Å². The lowest BCUT2D eigenvalue weighted by atomic mass is 9.99. The van der Waals surface area contributed by atoms with E-state index in [2.05, 4.69) is 25.5 Å². The second-order valence-electron chi connectivity index (χ2n) is 7.92. The van der Waals surface area contributed by atoms with E-state index in [0.717, 1.165) is 25.1 Å². The summed E-state index contributed by atoms with van der Waals surface area (Å²) in [5.41, 5.74) is 3.96. The van der Waals surface area contributed by atoms with Crippen LogP contribution in [0.3, 0.4) is 0 Å². The predicted molar refractivity (Wildman–Crippen MR) is 129 cm³/mol. The zero-order valence-corrected chi connectivity index (χ0v) is 19.8. The average Bonchev–Trinajstić information content (AvgIpc) is 2.79. The molecule has 0 fully saturated rings. The monoisotopic (exact) mass is 504 g/mol. The van der Waals surface area contributed by atoms with Gasteiger partial charge in [-0.3, -0.25) is 4.79 Å². The smallest absolute Gasteiger partial charge is 0.446 e. The van der Waals surface area contributed by atoms with Crippen molar-refractivity contribution in [3.8, 4) is 5.75 Å². The van der Waals surface area contributed by atoms with E-state index in [9.17, 15) is 18.0 Å². The fourth-order valence-corrected chi connectivity index (χ4v) is 4.37. The zero-order valence-electron chi connectivity index (χ0n) is 18.9. The third-order valence-corrected chi connectivity index (χ3v) is 6.20. The predicted octanol–water partition coefficient (Wildman–Crippen LogP) is 4.67. The molecule has 1 aliphatic heterocycles. The number of fused-ring (bicyclic) bond motifs is 1. The molecule has 2 aromatic carbocycles. The molecular formula is C23H23F3N6O2S. The quantitative estimate of drug-likeness (QED) is 0.399. The SMILES string of the molecule is COc1cc2c(cc1Nc1ncc(C(N)=O)c(Nc3ccccc3SC(F)(F)F)n1)CN(C)CC2. The van der Waals surface area contributed by atoms with Crippen molar-refractivity contribution in [2.75, 3.05) is 31.3 Å². The van der Waals surface area contributed by atoms with Crippen molar-refractivity contribution in [1.82, 2.24) is 14.9 Å². The third-order valence-electron chi connectivity index (χ3n) is 5.39. The number of thioether (sulfide) groups is 1. The number of ether oxygens (including phenoxy) is 1. The van der Waals surface area contributed by atoms with E-state index < -0.39 is 11.4 Å². The Morgan fingerprint density at radius 3 is 2.66 bits per heavy atom. The molecule has 0 unspecified atom stereocenters. The molecule has 0 saturated heterocycles. The highest BCUT2D eigenvalue weighted by atomic mass is 32.2. The van der Waals surface area contributed by atoms with Crippen molar-refractivity contribution in [2.24, 2.45) is 5.73 Å². The van der Waals surface area contributed by atoms with E-state index in [1.807, 2.05) is 19.2 Å². The van der Waals surface area contributed by atoms with Gasteiger partial charge in [-0.25, -0.2) is 4.98 Å². The van der Waals surface area contributed by atoms with E-state index in [4.69, 9.17) is 10.5 Å². The van der Waals surface area contributed by atoms with E-state index in [0.29, 0.717) is 11.4 Å². The number of alkyl halides is 3. The number of hydrogen-bond acceptors (Lipinski definition) is 8. The molecule has 4 rings (SSSR count). The van der Waals surface area contributed by atoms with E-state index in [1.165, 1.54) is 30.0 Å². The molecule has 0 bridgehead atoms. The van der Waals surface area contributed by atoms with Gasteiger partial charge in [0.15, 0.2) is 0 Å². The van der Waals surface area contributed by atoms with Crippen molar-refractivity contribution >= 4 is 40.8 Å². The molecule has 184 valence electrons. The zero-order chi connectivity index (χ0) is 25.2. The van der Waals surface area contributed by atoms with Crippen LogP contribution in [0.2, 0.25) is 0 Å². The summed E-state index contributed by atoms with van der Waals surface area (Å²) in [5, 5.41) is 5.90. The number of rotatable bonds is 7. The van der Waals surface area contributed by atoms with Crippen LogP contribution >= 0.6 is 11.8 Å². The molecule has 35 heavy (non-hydrogen) atoms. The fraction of sp³-hybridized carbons (Fsp3) is 0.261. The van der Waals surface area contributed by atoms with Crippen LogP contribution in [0.25, 0.3) is 0 Å². The Labute approximate surface area is 204 Å². The van der Waals surface area contributed by atoms with Gasteiger partial charge in [-0.1, -0.05) is 12.1 Å². The summed E-state index contributed by atoms with van der Waals surface area (Å²) in [6, 6.07) is 9.75. The van der Waals surface area contributed by atoms with Gasteiger partial charge in [-0.2, -0.15) is 18.2 Å². The van der Waals surface area contributed by atoms with E-state index in [1.54, 1.807) is 13.2 Å². The first-order valence-electron chi connectivity index (χ1n) is 10.6. The van der Waals surface area contributed by atoms with Gasteiger partial charge in [0.2, 0.25) is 5.95 Å². The van der Waals surface area contributed by atoms with Gasteiger partial charge in [-0.05, 0) is 60.6 Å². The third kappa shape index (κ3) is 5.95. The molecule has 4 N–H and O–H groups in total. The highest BCUT2D eigenvalue weighted by molar-refractivity contribution is 8.00. The Morgan fingerprint density at radius 2 is 1.94 bits per heavy atom. The Balaban J connectivity index is 1.68. The van der Waals surface area contributed by atoms with Gasteiger partial charge < -0.3 is 26.0 Å². The van der Waals surface area contributed by atoms with Crippen LogP contribution in [0.1, 0.15) is 21.5 Å². The minimum absolute atomic E-state index is 0.0260. The van der Waals surface area contributed by atoms with Crippen molar-refractivity contribution < 1.29 is 22.7 Å². The average molecular weight is 505 g/mol. The number of aromatic nitrogens is 2. The van der Waals surface area contributed by atoms with Crippen molar-refractivity contribution in [2.45, 2.75) is 23.4 Å². The maximum absolute atomic E-state index is 13.0. The number of carbonyl (C=O) groups excluding carboxylic acids is 1. The molecule has 1 aromatic heterocycles. The first kappa shape index (κ1) is 24.6. The molecule has 8 nitrogen and oxygen atoms in total. The number of para-hydroxylation sites is 1. The molecule has 0 aliphatic carbocycles. The molecule has 0 spiro atoms. The maximum Gasteiger partial charge on any atom is 0.446 e. The standard InChI is InChI=1S/C23H23F3N6O2S/c1-32-8-7-13-10-18(34-2)17(9-14(13)12-32)30-22-28-11-15(20(27)33)21(31-22)29-16-5-3-4-6-19(16)35-23(24,25)26/h3-6,9-11H,7-8,12H2,1-2H3,(H2,27,33)(H2,28,29,30,31). The summed E-state index contributed by atoms with van der Waals surface area (Å²) in [7, 11) is 3.60. The number of carbonyl (C=O) groups is 1. The molecule has 1 amide bonds. The fourth-order valence-electron chi connectivity index (χ4n) is 3.74. The summed E-state index contributed by atoms with van der Waals surface area (Å²) < 4.78 is 44.5. The molecule has 12 heteroatoms. The topological polar surface area (TPSA) is 105 Å². The van der Waals surface area contributed by atoms with E-state index in [-0.39, 0.29) is 39.7 Å². The number of nitrogens with two attached hydrogens (primary N) is 1. The van der Waals surface area contributed by atoms with Crippen molar-refractivity contribution in [3.63, 3.8) is 0 Å². The number of amides is 1. The largest absolute Gasteiger partial charge is 0.495 e. The Hall–Kier alpha value is -3.51. The number of halogens is 3. The molecule has 1 aliphatic rings. The molecule has 2 heterocycles. The number of primary amides is 1. The van der Waals surface area contributed by atoms with Crippen molar-refractivity contribution in [3.05, 3.63) is 59.3 Å². The lowest BCUT2D eigenvalue weighted by Crippen LogP contribution is -2.26. The minimum Gasteiger partial charge on any atom is -0.495 e. The first-order valence-corrected chi connectivity index (χ1v) is 11.4. The first-order chi connectivity index (χ1) is 16.6. The Kier molecular flexibility index (Phi) is 7.03. The van der Waals surface area contributed by atoms with Gasteiger partial charge >= 0.3 is 5.51 Å². The van der Waals surface area contributed by atoms with Crippen LogP contribution in [-0.2, 0) is 13.0 Å². The summed E-state index contributed by atoms with van der Waals surface area (Å²) in [6.45, 7) is 1.72. The maximum atomic E-state index is 13.0. The van der Waals surface area contributed by atoms with Crippen LogP contribution in [0.15, 0.2) is 47.5 Å². The number of benzene rings is 2. The number of nitrogens with one attached hydrogen (secondary N) is 2. The highest BCUT2D eigenvalue weighted by Gasteiger charge is 2.30. The van der Waals surface area contributed by atoms with Crippen LogP contribution in [0, 0.1) is 0 Å². The second-order valence-corrected chi connectivity index (χ2v) is 9.03. The van der Waals surface area contributed by atoms with Gasteiger partial charge in [0, 0.05) is 24.2 Å². The van der Waals surface area contributed by atoms with Gasteiger partial charge in [0.05, 0.1) is 18.5 Å². The number of anilines is 4. The van der Waals surface area contributed by atoms with Crippen LogP contribution in [0.4, 0.5) is 36.3 Å². The number of likely N-dealkylation sites (N-methyl/N-ethyl adjacent to an activating group) is 1. The molecule has 0 saturated carbocycles. The van der Waals surface area contributed by atoms with E-state index >= 15 is 0 Å². The number of hydrogen-bond donors (Lipinski definition) is 3. The lowest BCUT2D eigenvalue weighted by molar-refractivity contribution is -0.0328. The second kappa shape index (κ2) is 10.0. The molecule has 3 aromatic rings. The van der Waals surface area contributed by atoms with Crippen LogP contribution in [-0.4, -0.2) is 47.0 Å².